The van der Waals surface area contributed by atoms with Gasteiger partial charge in [-0.05, 0) is 74.8 Å². The second-order valence-electron chi connectivity index (χ2n) is 6.96. The lowest BCUT2D eigenvalue weighted by molar-refractivity contribution is 0.102. The number of benzene rings is 2. The number of anilines is 1. The minimum atomic E-state index is -0.271. The number of aryl methyl sites for hydroxylation is 1. The molecule has 1 aliphatic rings. The summed E-state index contributed by atoms with van der Waals surface area (Å²) in [6.07, 6.45) is 3.71. The average Bonchev–Trinajstić information content (AvgIpc) is 3.21. The highest BCUT2D eigenvalue weighted by atomic mass is 35.5. The van der Waals surface area contributed by atoms with Gasteiger partial charge in [0, 0.05) is 5.69 Å². The molecule has 152 valence electrons. The first-order valence-corrected chi connectivity index (χ1v) is 9.46. The van der Waals surface area contributed by atoms with E-state index in [2.05, 4.69) is 20.9 Å². The Balaban J connectivity index is 0.00000240. The quantitative estimate of drug-likeness (QED) is 0.661. The molecule has 0 atom stereocenters. The Morgan fingerprint density at radius 1 is 1.14 bits per heavy atom. The highest BCUT2D eigenvalue weighted by Gasteiger charge is 2.18. The molecule has 2 heterocycles. The van der Waals surface area contributed by atoms with Gasteiger partial charge in [0.05, 0.1) is 12.2 Å². The van der Waals surface area contributed by atoms with Crippen LogP contribution in [0, 0.1) is 6.92 Å². The summed E-state index contributed by atoms with van der Waals surface area (Å²) in [6.45, 7) is 3.94. The Morgan fingerprint density at radius 2 is 1.90 bits per heavy atom. The van der Waals surface area contributed by atoms with Gasteiger partial charge in [0.2, 0.25) is 0 Å². The van der Waals surface area contributed by atoms with E-state index in [0.717, 1.165) is 37.2 Å². The molecule has 0 spiro atoms. The number of nitrogens with zero attached hydrogens (tertiary/aromatic N) is 3. The van der Waals surface area contributed by atoms with Crippen LogP contribution in [0.1, 0.15) is 34.9 Å². The zero-order valence-corrected chi connectivity index (χ0v) is 17.0. The van der Waals surface area contributed by atoms with Gasteiger partial charge in [0.1, 0.15) is 11.5 Å². The Bertz CT molecular complexity index is 952. The number of hydrogen-bond donors (Lipinski definition) is 2. The molecule has 1 fully saturated rings. The van der Waals surface area contributed by atoms with Crippen LogP contribution in [0.25, 0.3) is 0 Å². The topological polar surface area (TPSA) is 81.1 Å². The highest BCUT2D eigenvalue weighted by molar-refractivity contribution is 6.02. The number of piperidine rings is 1. The normalized spacial score (nSPS) is 14.1. The molecule has 1 aliphatic heterocycles. The zero-order valence-electron chi connectivity index (χ0n) is 16.2. The highest BCUT2D eigenvalue weighted by Crippen LogP contribution is 2.24. The SMILES string of the molecule is Cc1cccc(Oc2ccc(NC(=O)c3cn(C4CCNCC4)nn3)cc2)c1.Cl. The molecule has 0 radical (unpaired) electrons. The molecular formula is C21H24ClN5O2. The van der Waals surface area contributed by atoms with Crippen molar-refractivity contribution in [2.24, 2.45) is 0 Å². The predicted octanol–water partition coefficient (Wildman–Crippen LogP) is 3.98. The van der Waals surface area contributed by atoms with Crippen LogP contribution in [0.4, 0.5) is 5.69 Å². The minimum absolute atomic E-state index is 0. The van der Waals surface area contributed by atoms with Crippen molar-refractivity contribution in [3.63, 3.8) is 0 Å². The molecule has 2 aromatic carbocycles. The fourth-order valence-corrected chi connectivity index (χ4v) is 3.25. The number of hydrogen-bond acceptors (Lipinski definition) is 5. The third-order valence-corrected chi connectivity index (χ3v) is 4.76. The minimum Gasteiger partial charge on any atom is -0.457 e. The van der Waals surface area contributed by atoms with Gasteiger partial charge in [-0.3, -0.25) is 4.79 Å². The molecule has 1 amide bonds. The first-order chi connectivity index (χ1) is 13.7. The Morgan fingerprint density at radius 3 is 2.62 bits per heavy atom. The Hall–Kier alpha value is -2.90. The molecule has 29 heavy (non-hydrogen) atoms. The average molecular weight is 414 g/mol. The van der Waals surface area contributed by atoms with Gasteiger partial charge in [0.15, 0.2) is 5.69 Å². The lowest BCUT2D eigenvalue weighted by atomic mass is 10.1. The molecule has 1 aromatic heterocycles. The van der Waals surface area contributed by atoms with E-state index in [4.69, 9.17) is 4.74 Å². The standard InChI is InChI=1S/C21H23N5O2.ClH/c1-15-3-2-4-19(13-15)28-18-7-5-16(6-8-18)23-21(27)20-14-26(25-24-20)17-9-11-22-12-10-17;/h2-8,13-14,17,22H,9-12H2,1H3,(H,23,27);1H. The smallest absolute Gasteiger partial charge is 0.277 e. The van der Waals surface area contributed by atoms with E-state index in [-0.39, 0.29) is 18.3 Å². The number of nitrogens with one attached hydrogen (secondary N) is 2. The summed E-state index contributed by atoms with van der Waals surface area (Å²) in [5.74, 6) is 1.22. The van der Waals surface area contributed by atoms with Gasteiger partial charge in [-0.1, -0.05) is 17.3 Å². The Labute approximate surface area is 175 Å². The first-order valence-electron chi connectivity index (χ1n) is 9.46. The maximum Gasteiger partial charge on any atom is 0.277 e. The van der Waals surface area contributed by atoms with Crippen LogP contribution < -0.4 is 15.4 Å². The molecule has 2 N–H and O–H groups in total. The molecule has 0 saturated carbocycles. The molecule has 0 unspecified atom stereocenters. The maximum absolute atomic E-state index is 12.5. The summed E-state index contributed by atoms with van der Waals surface area (Å²) in [7, 11) is 0. The number of carbonyl (C=O) groups is 1. The molecule has 4 rings (SSSR count). The van der Waals surface area contributed by atoms with Gasteiger partial charge in [-0.15, -0.1) is 17.5 Å². The van der Waals surface area contributed by atoms with Crippen molar-refractivity contribution >= 4 is 24.0 Å². The van der Waals surface area contributed by atoms with Crippen molar-refractivity contribution < 1.29 is 9.53 Å². The predicted molar refractivity (Wildman–Crippen MR) is 114 cm³/mol. The van der Waals surface area contributed by atoms with Gasteiger partial charge in [-0.25, -0.2) is 4.68 Å². The molecule has 0 bridgehead atoms. The number of aromatic nitrogens is 3. The van der Waals surface area contributed by atoms with E-state index >= 15 is 0 Å². The summed E-state index contributed by atoms with van der Waals surface area (Å²) < 4.78 is 7.63. The summed E-state index contributed by atoms with van der Waals surface area (Å²) in [5.41, 5.74) is 2.13. The lowest BCUT2D eigenvalue weighted by Crippen LogP contribution is -2.29. The molecule has 8 heteroatoms. The largest absolute Gasteiger partial charge is 0.457 e. The molecule has 1 saturated heterocycles. The van der Waals surface area contributed by atoms with Crippen LogP contribution in [0.5, 0.6) is 11.5 Å². The van der Waals surface area contributed by atoms with Crippen molar-refractivity contribution in [3.8, 4) is 11.5 Å². The molecule has 7 nitrogen and oxygen atoms in total. The zero-order chi connectivity index (χ0) is 19.3. The summed E-state index contributed by atoms with van der Waals surface area (Å²) in [5, 5.41) is 14.3. The third-order valence-electron chi connectivity index (χ3n) is 4.76. The molecule has 3 aromatic rings. The summed E-state index contributed by atoms with van der Waals surface area (Å²) in [4.78, 5) is 12.5. The van der Waals surface area contributed by atoms with Gasteiger partial charge in [-0.2, -0.15) is 0 Å². The van der Waals surface area contributed by atoms with Gasteiger partial charge >= 0.3 is 0 Å². The van der Waals surface area contributed by atoms with Gasteiger partial charge < -0.3 is 15.4 Å². The summed E-state index contributed by atoms with van der Waals surface area (Å²) >= 11 is 0. The maximum atomic E-state index is 12.5. The number of rotatable bonds is 5. The van der Waals surface area contributed by atoms with E-state index in [1.165, 1.54) is 0 Å². The van der Waals surface area contributed by atoms with Crippen molar-refractivity contribution in [1.29, 1.82) is 0 Å². The fourth-order valence-electron chi connectivity index (χ4n) is 3.25. The van der Waals surface area contributed by atoms with E-state index in [1.54, 1.807) is 23.0 Å². The number of amides is 1. The van der Waals surface area contributed by atoms with Crippen LogP contribution in [-0.2, 0) is 0 Å². The van der Waals surface area contributed by atoms with Crippen LogP contribution in [0.3, 0.4) is 0 Å². The number of carbonyl (C=O) groups excluding carboxylic acids is 1. The van der Waals surface area contributed by atoms with Crippen molar-refractivity contribution in [1.82, 2.24) is 20.3 Å². The van der Waals surface area contributed by atoms with E-state index in [0.29, 0.717) is 23.2 Å². The van der Waals surface area contributed by atoms with Crippen LogP contribution in [0.2, 0.25) is 0 Å². The van der Waals surface area contributed by atoms with E-state index < -0.39 is 0 Å². The molecule has 0 aliphatic carbocycles. The second-order valence-corrected chi connectivity index (χ2v) is 6.96. The number of halogens is 1. The van der Waals surface area contributed by atoms with Crippen LogP contribution in [-0.4, -0.2) is 34.0 Å². The Kier molecular flexibility index (Phi) is 6.85. The second kappa shape index (κ2) is 9.54. The van der Waals surface area contributed by atoms with Gasteiger partial charge in [0.25, 0.3) is 5.91 Å². The fraction of sp³-hybridized carbons (Fsp3) is 0.286. The van der Waals surface area contributed by atoms with Crippen LogP contribution in [0.15, 0.2) is 54.7 Å². The lowest BCUT2D eigenvalue weighted by Gasteiger charge is -2.22. The van der Waals surface area contributed by atoms with Crippen molar-refractivity contribution in [2.75, 3.05) is 18.4 Å². The van der Waals surface area contributed by atoms with E-state index in [1.807, 2.05) is 43.3 Å². The first kappa shape index (κ1) is 20.8. The van der Waals surface area contributed by atoms with Crippen LogP contribution >= 0.6 is 12.4 Å². The third kappa shape index (κ3) is 5.34. The summed E-state index contributed by atoms with van der Waals surface area (Å²) in [6, 6.07) is 15.4. The molecular weight excluding hydrogens is 390 g/mol. The van der Waals surface area contributed by atoms with Crippen molar-refractivity contribution in [3.05, 3.63) is 66.0 Å². The van der Waals surface area contributed by atoms with Crippen molar-refractivity contribution in [2.45, 2.75) is 25.8 Å². The number of ether oxygens (including phenoxy) is 1. The van der Waals surface area contributed by atoms with E-state index in [9.17, 15) is 4.79 Å². The monoisotopic (exact) mass is 413 g/mol.